The van der Waals surface area contributed by atoms with Crippen LogP contribution in [0.25, 0.3) is 15.9 Å². The number of nitrogens with one attached hydrogen (secondary N) is 1. The molecule has 0 aliphatic carbocycles. The van der Waals surface area contributed by atoms with Gasteiger partial charge in [0.25, 0.3) is 0 Å². The van der Waals surface area contributed by atoms with Crippen LogP contribution in [-0.4, -0.2) is 38.0 Å². The van der Waals surface area contributed by atoms with Crippen LogP contribution >= 0.6 is 11.8 Å². The predicted octanol–water partition coefficient (Wildman–Crippen LogP) is 3.11. The first-order valence-electron chi connectivity index (χ1n) is 7.59. The summed E-state index contributed by atoms with van der Waals surface area (Å²) in [6, 6.07) is 5.76. The molecule has 3 aromatic heterocycles. The predicted molar refractivity (Wildman–Crippen MR) is 95.9 cm³/mol. The van der Waals surface area contributed by atoms with Gasteiger partial charge in [-0.05, 0) is 23.8 Å². The summed E-state index contributed by atoms with van der Waals surface area (Å²) in [5.74, 6) is 1.80. The minimum atomic E-state index is -0.0278. The SMILES string of the molecule is CC(=O)c1cc(C2=CN(c3ncnc4[nH]ccc34)CCS2)ccn1. The van der Waals surface area contributed by atoms with Gasteiger partial charge >= 0.3 is 0 Å². The molecular weight excluding hydrogens is 322 g/mol. The van der Waals surface area contributed by atoms with E-state index in [9.17, 15) is 4.79 Å². The largest absolute Gasteiger partial charge is 0.346 e. The average molecular weight is 337 g/mol. The lowest BCUT2D eigenvalue weighted by Crippen LogP contribution is -2.24. The Morgan fingerprint density at radius 1 is 1.29 bits per heavy atom. The minimum Gasteiger partial charge on any atom is -0.346 e. The van der Waals surface area contributed by atoms with Gasteiger partial charge < -0.3 is 9.88 Å². The lowest BCUT2D eigenvalue weighted by molar-refractivity contribution is 0.101. The van der Waals surface area contributed by atoms with Crippen molar-refractivity contribution in [3.63, 3.8) is 0 Å². The van der Waals surface area contributed by atoms with E-state index in [0.717, 1.165) is 39.6 Å². The Kier molecular flexibility index (Phi) is 3.78. The number of carbonyl (C=O) groups is 1. The molecule has 0 radical (unpaired) electrons. The molecular formula is C17H15N5OS. The quantitative estimate of drug-likeness (QED) is 0.740. The smallest absolute Gasteiger partial charge is 0.178 e. The maximum absolute atomic E-state index is 11.6. The number of fused-ring (bicyclic) bond motifs is 1. The summed E-state index contributed by atoms with van der Waals surface area (Å²) in [6.45, 7) is 2.40. The lowest BCUT2D eigenvalue weighted by Gasteiger charge is -2.26. The zero-order valence-electron chi connectivity index (χ0n) is 13.1. The zero-order valence-corrected chi connectivity index (χ0v) is 13.9. The molecule has 0 saturated carbocycles. The molecule has 0 unspecified atom stereocenters. The Morgan fingerprint density at radius 3 is 3.08 bits per heavy atom. The Bertz CT molecular complexity index is 949. The molecule has 0 fully saturated rings. The lowest BCUT2D eigenvalue weighted by atomic mass is 10.2. The number of hydrogen-bond acceptors (Lipinski definition) is 6. The normalized spacial score (nSPS) is 14.7. The minimum absolute atomic E-state index is 0.0278. The summed E-state index contributed by atoms with van der Waals surface area (Å²) in [5.41, 5.74) is 2.32. The molecule has 4 rings (SSSR count). The number of nitrogens with zero attached hydrogens (tertiary/aromatic N) is 4. The van der Waals surface area contributed by atoms with Crippen molar-refractivity contribution in [2.45, 2.75) is 6.92 Å². The van der Waals surface area contributed by atoms with E-state index >= 15 is 0 Å². The van der Waals surface area contributed by atoms with E-state index in [2.05, 4.69) is 31.0 Å². The van der Waals surface area contributed by atoms with Crippen molar-refractivity contribution in [1.82, 2.24) is 19.9 Å². The van der Waals surface area contributed by atoms with Crippen LogP contribution < -0.4 is 4.90 Å². The summed E-state index contributed by atoms with van der Waals surface area (Å²) < 4.78 is 0. The third-order valence-electron chi connectivity index (χ3n) is 3.87. The van der Waals surface area contributed by atoms with E-state index in [1.807, 2.05) is 24.4 Å². The van der Waals surface area contributed by atoms with E-state index in [1.54, 1.807) is 24.3 Å². The molecule has 0 spiro atoms. The summed E-state index contributed by atoms with van der Waals surface area (Å²) in [5, 5.41) is 0.999. The molecule has 7 heteroatoms. The molecule has 0 bridgehead atoms. The van der Waals surface area contributed by atoms with Crippen molar-refractivity contribution in [3.05, 3.63) is 54.4 Å². The zero-order chi connectivity index (χ0) is 16.5. The van der Waals surface area contributed by atoms with Gasteiger partial charge in [-0.2, -0.15) is 0 Å². The molecule has 1 N–H and O–H groups in total. The molecule has 0 atom stereocenters. The first-order chi connectivity index (χ1) is 11.7. The van der Waals surface area contributed by atoms with Crippen LogP contribution in [0.1, 0.15) is 23.0 Å². The first kappa shape index (κ1) is 14.9. The maximum Gasteiger partial charge on any atom is 0.178 e. The van der Waals surface area contributed by atoms with Crippen molar-refractivity contribution in [2.24, 2.45) is 0 Å². The van der Waals surface area contributed by atoms with Gasteiger partial charge in [0.05, 0.1) is 5.39 Å². The van der Waals surface area contributed by atoms with Gasteiger partial charge in [-0.15, -0.1) is 11.8 Å². The summed E-state index contributed by atoms with van der Waals surface area (Å²) in [4.78, 5) is 30.7. The first-order valence-corrected chi connectivity index (χ1v) is 8.57. The summed E-state index contributed by atoms with van der Waals surface area (Å²) >= 11 is 1.77. The highest BCUT2D eigenvalue weighted by Crippen LogP contribution is 2.34. The molecule has 4 heterocycles. The van der Waals surface area contributed by atoms with Gasteiger partial charge in [0, 0.05) is 42.7 Å². The van der Waals surface area contributed by atoms with Crippen molar-refractivity contribution >= 4 is 39.3 Å². The third-order valence-corrected chi connectivity index (χ3v) is 4.91. The molecule has 1 aliphatic heterocycles. The fourth-order valence-electron chi connectivity index (χ4n) is 2.69. The van der Waals surface area contributed by atoms with Crippen LogP contribution in [0.2, 0.25) is 0 Å². The Labute approximate surface area is 143 Å². The molecule has 3 aromatic rings. The van der Waals surface area contributed by atoms with Gasteiger partial charge in [-0.1, -0.05) is 0 Å². The maximum atomic E-state index is 11.6. The number of ketones is 1. The van der Waals surface area contributed by atoms with Gasteiger partial charge in [-0.25, -0.2) is 9.97 Å². The number of aromatic nitrogens is 4. The summed E-state index contributed by atoms with van der Waals surface area (Å²) in [6.07, 6.45) is 7.21. The van der Waals surface area contributed by atoms with E-state index in [-0.39, 0.29) is 5.78 Å². The van der Waals surface area contributed by atoms with E-state index in [1.165, 1.54) is 6.92 Å². The van der Waals surface area contributed by atoms with Crippen molar-refractivity contribution < 1.29 is 4.79 Å². The number of carbonyl (C=O) groups excluding carboxylic acids is 1. The van der Waals surface area contributed by atoms with Crippen LogP contribution in [0.3, 0.4) is 0 Å². The van der Waals surface area contributed by atoms with Gasteiger partial charge in [0.15, 0.2) is 5.78 Å². The molecule has 0 saturated heterocycles. The number of H-pyrrole nitrogens is 1. The van der Waals surface area contributed by atoms with Gasteiger partial charge in [-0.3, -0.25) is 9.78 Å². The number of hydrogen-bond donors (Lipinski definition) is 1. The van der Waals surface area contributed by atoms with Crippen LogP contribution in [-0.2, 0) is 0 Å². The molecule has 1 aliphatic rings. The Balaban J connectivity index is 1.74. The number of pyridine rings is 1. The van der Waals surface area contributed by atoms with Crippen molar-refractivity contribution in [2.75, 3.05) is 17.2 Å². The second kappa shape index (κ2) is 6.09. The second-order valence-electron chi connectivity index (χ2n) is 5.46. The Morgan fingerprint density at radius 2 is 2.21 bits per heavy atom. The van der Waals surface area contributed by atoms with E-state index in [4.69, 9.17) is 0 Å². The van der Waals surface area contributed by atoms with Gasteiger partial charge in [0.2, 0.25) is 0 Å². The standard InChI is InChI=1S/C17H15N5OS/c1-11(23)14-8-12(2-4-18-14)15-9-22(6-7-24-15)17-13-3-5-19-16(13)20-10-21-17/h2-5,8-10H,6-7H2,1H3,(H,19,20,21). The number of anilines is 1. The molecule has 120 valence electrons. The number of rotatable bonds is 3. The van der Waals surface area contributed by atoms with Crippen LogP contribution in [0, 0.1) is 0 Å². The van der Waals surface area contributed by atoms with E-state index < -0.39 is 0 Å². The van der Waals surface area contributed by atoms with Crippen molar-refractivity contribution in [1.29, 1.82) is 0 Å². The van der Waals surface area contributed by atoms with Crippen LogP contribution in [0.4, 0.5) is 5.82 Å². The fourth-order valence-corrected chi connectivity index (χ4v) is 3.69. The highest BCUT2D eigenvalue weighted by Gasteiger charge is 2.18. The van der Waals surface area contributed by atoms with E-state index in [0.29, 0.717) is 5.69 Å². The Hall–Kier alpha value is -2.67. The average Bonchev–Trinajstić information content (AvgIpc) is 3.10. The fraction of sp³-hybridized carbons (Fsp3) is 0.176. The molecule has 24 heavy (non-hydrogen) atoms. The second-order valence-corrected chi connectivity index (χ2v) is 6.60. The molecule has 0 aromatic carbocycles. The number of Topliss-reactive ketones (excluding diaryl/α,β-unsaturated/α-hetero) is 1. The van der Waals surface area contributed by atoms with Gasteiger partial charge in [0.1, 0.15) is 23.5 Å². The highest BCUT2D eigenvalue weighted by molar-refractivity contribution is 8.08. The third kappa shape index (κ3) is 2.67. The molecule has 0 amide bonds. The highest BCUT2D eigenvalue weighted by atomic mass is 32.2. The van der Waals surface area contributed by atoms with Crippen molar-refractivity contribution in [3.8, 4) is 0 Å². The summed E-state index contributed by atoms with van der Waals surface area (Å²) in [7, 11) is 0. The molecule has 6 nitrogen and oxygen atoms in total. The van der Waals surface area contributed by atoms with Crippen LogP contribution in [0.5, 0.6) is 0 Å². The van der Waals surface area contributed by atoms with Crippen LogP contribution in [0.15, 0.2) is 43.1 Å². The number of aromatic amines is 1. The topological polar surface area (TPSA) is 74.8 Å². The number of thioether (sulfide) groups is 1. The monoisotopic (exact) mass is 337 g/mol.